The van der Waals surface area contributed by atoms with Crippen LogP contribution in [-0.4, -0.2) is 15.8 Å². The van der Waals surface area contributed by atoms with E-state index >= 15 is 0 Å². The Hall–Kier alpha value is -1.81. The first-order valence-electron chi connectivity index (χ1n) is 6.64. The standard InChI is InChI=1S/C15H21N3O/c1-4-18-10-14(9-17-18)19-15-6-5-11(2)7-13(15)8-12(3)16/h5-7,9-10,12H,4,8,16H2,1-3H3. The van der Waals surface area contributed by atoms with Gasteiger partial charge in [-0.2, -0.15) is 5.10 Å². The van der Waals surface area contributed by atoms with E-state index in [0.29, 0.717) is 0 Å². The van der Waals surface area contributed by atoms with E-state index in [9.17, 15) is 0 Å². The third-order valence-corrected chi connectivity index (χ3v) is 2.92. The Kier molecular flexibility index (Phi) is 4.22. The summed E-state index contributed by atoms with van der Waals surface area (Å²) in [6.07, 6.45) is 4.44. The molecule has 19 heavy (non-hydrogen) atoms. The van der Waals surface area contributed by atoms with Crippen molar-refractivity contribution in [1.29, 1.82) is 0 Å². The van der Waals surface area contributed by atoms with Crippen molar-refractivity contribution in [3.8, 4) is 11.5 Å². The molecule has 0 radical (unpaired) electrons. The van der Waals surface area contributed by atoms with Gasteiger partial charge in [0.25, 0.3) is 0 Å². The molecule has 4 nitrogen and oxygen atoms in total. The van der Waals surface area contributed by atoms with Crippen molar-refractivity contribution >= 4 is 0 Å². The average molecular weight is 259 g/mol. The van der Waals surface area contributed by atoms with Crippen LogP contribution >= 0.6 is 0 Å². The number of nitrogens with zero attached hydrogens (tertiary/aromatic N) is 2. The molecule has 0 fully saturated rings. The number of hydrogen-bond acceptors (Lipinski definition) is 3. The Morgan fingerprint density at radius 1 is 1.42 bits per heavy atom. The van der Waals surface area contributed by atoms with Crippen LogP contribution in [0.1, 0.15) is 25.0 Å². The van der Waals surface area contributed by atoms with Crippen molar-refractivity contribution in [1.82, 2.24) is 9.78 Å². The van der Waals surface area contributed by atoms with Crippen LogP contribution in [0.2, 0.25) is 0 Å². The highest BCUT2D eigenvalue weighted by Gasteiger charge is 2.09. The Labute approximate surface area is 114 Å². The van der Waals surface area contributed by atoms with Gasteiger partial charge in [-0.15, -0.1) is 0 Å². The van der Waals surface area contributed by atoms with E-state index in [1.165, 1.54) is 5.56 Å². The summed E-state index contributed by atoms with van der Waals surface area (Å²) < 4.78 is 7.75. The Morgan fingerprint density at radius 2 is 2.21 bits per heavy atom. The van der Waals surface area contributed by atoms with E-state index in [1.54, 1.807) is 6.20 Å². The highest BCUT2D eigenvalue weighted by molar-refractivity contribution is 5.40. The number of ether oxygens (including phenoxy) is 1. The topological polar surface area (TPSA) is 53.1 Å². The molecular weight excluding hydrogens is 238 g/mol. The molecule has 2 N–H and O–H groups in total. The third-order valence-electron chi connectivity index (χ3n) is 2.92. The first-order chi connectivity index (χ1) is 9.08. The van der Waals surface area contributed by atoms with Gasteiger partial charge in [-0.05, 0) is 38.8 Å². The van der Waals surface area contributed by atoms with Crippen molar-refractivity contribution in [2.45, 2.75) is 39.8 Å². The van der Waals surface area contributed by atoms with E-state index in [2.05, 4.69) is 18.1 Å². The maximum Gasteiger partial charge on any atom is 0.165 e. The molecule has 1 atom stereocenters. The van der Waals surface area contributed by atoms with E-state index in [-0.39, 0.29) is 6.04 Å². The minimum Gasteiger partial charge on any atom is -0.454 e. The fourth-order valence-electron chi connectivity index (χ4n) is 2.01. The lowest BCUT2D eigenvalue weighted by Crippen LogP contribution is -2.18. The Balaban J connectivity index is 2.23. The van der Waals surface area contributed by atoms with Crippen LogP contribution in [0.3, 0.4) is 0 Å². The van der Waals surface area contributed by atoms with Gasteiger partial charge >= 0.3 is 0 Å². The maximum absolute atomic E-state index is 5.91. The molecule has 0 spiro atoms. The van der Waals surface area contributed by atoms with Crippen LogP contribution < -0.4 is 10.5 Å². The predicted octanol–water partition coefficient (Wildman–Crippen LogP) is 2.89. The van der Waals surface area contributed by atoms with Gasteiger partial charge in [-0.1, -0.05) is 17.7 Å². The summed E-state index contributed by atoms with van der Waals surface area (Å²) in [6.45, 7) is 6.96. The lowest BCUT2D eigenvalue weighted by molar-refractivity contribution is 0.472. The molecule has 2 aromatic rings. The zero-order chi connectivity index (χ0) is 13.8. The molecule has 0 saturated carbocycles. The van der Waals surface area contributed by atoms with Crippen LogP contribution in [0.25, 0.3) is 0 Å². The summed E-state index contributed by atoms with van der Waals surface area (Å²) in [4.78, 5) is 0. The van der Waals surface area contributed by atoms with Crippen LogP contribution in [0.5, 0.6) is 11.5 Å². The van der Waals surface area contributed by atoms with Gasteiger partial charge in [0.2, 0.25) is 0 Å². The predicted molar refractivity (Wildman–Crippen MR) is 76.5 cm³/mol. The smallest absolute Gasteiger partial charge is 0.165 e. The molecule has 0 bridgehead atoms. The highest BCUT2D eigenvalue weighted by atomic mass is 16.5. The Bertz CT molecular complexity index is 546. The summed E-state index contributed by atoms with van der Waals surface area (Å²) in [5.74, 6) is 1.62. The molecule has 2 rings (SSSR count). The monoisotopic (exact) mass is 259 g/mol. The first-order valence-corrected chi connectivity index (χ1v) is 6.64. The summed E-state index contributed by atoms with van der Waals surface area (Å²) in [7, 11) is 0. The fourth-order valence-corrected chi connectivity index (χ4v) is 2.01. The number of nitrogens with two attached hydrogens (primary N) is 1. The van der Waals surface area contributed by atoms with E-state index in [0.717, 1.165) is 30.0 Å². The quantitative estimate of drug-likeness (QED) is 0.898. The molecule has 0 aliphatic heterocycles. The largest absolute Gasteiger partial charge is 0.454 e. The van der Waals surface area contributed by atoms with Crippen LogP contribution in [0.15, 0.2) is 30.6 Å². The summed E-state index contributed by atoms with van der Waals surface area (Å²) in [5.41, 5.74) is 8.24. The minimum absolute atomic E-state index is 0.113. The van der Waals surface area contributed by atoms with E-state index in [4.69, 9.17) is 10.5 Å². The maximum atomic E-state index is 5.91. The molecule has 0 aliphatic rings. The summed E-state index contributed by atoms with van der Waals surface area (Å²) >= 11 is 0. The normalized spacial score (nSPS) is 12.4. The lowest BCUT2D eigenvalue weighted by atomic mass is 10.0. The number of aryl methyl sites for hydroxylation is 2. The molecule has 0 aliphatic carbocycles. The first kappa shape index (κ1) is 13.6. The molecule has 1 aromatic heterocycles. The van der Waals surface area contributed by atoms with E-state index < -0.39 is 0 Å². The lowest BCUT2D eigenvalue weighted by Gasteiger charge is -2.12. The fraction of sp³-hybridized carbons (Fsp3) is 0.400. The Morgan fingerprint density at radius 3 is 2.84 bits per heavy atom. The van der Waals surface area contributed by atoms with Crippen molar-refractivity contribution in [2.24, 2.45) is 5.73 Å². The van der Waals surface area contributed by atoms with Crippen molar-refractivity contribution in [3.63, 3.8) is 0 Å². The van der Waals surface area contributed by atoms with Crippen molar-refractivity contribution in [3.05, 3.63) is 41.7 Å². The highest BCUT2D eigenvalue weighted by Crippen LogP contribution is 2.26. The average Bonchev–Trinajstić information content (AvgIpc) is 2.80. The van der Waals surface area contributed by atoms with Gasteiger partial charge in [0.05, 0.1) is 12.4 Å². The summed E-state index contributed by atoms with van der Waals surface area (Å²) in [6, 6.07) is 6.28. The third kappa shape index (κ3) is 3.58. The zero-order valence-corrected chi connectivity index (χ0v) is 11.8. The molecule has 1 aromatic carbocycles. The van der Waals surface area contributed by atoms with Gasteiger partial charge in [0.1, 0.15) is 5.75 Å². The molecule has 102 valence electrons. The van der Waals surface area contributed by atoms with Crippen LogP contribution in [0.4, 0.5) is 0 Å². The molecular formula is C15H21N3O. The van der Waals surface area contributed by atoms with Gasteiger partial charge < -0.3 is 10.5 Å². The number of rotatable bonds is 5. The minimum atomic E-state index is 0.113. The van der Waals surface area contributed by atoms with Crippen LogP contribution in [0, 0.1) is 6.92 Å². The summed E-state index contributed by atoms with van der Waals surface area (Å²) in [5, 5.41) is 4.21. The molecule has 1 unspecified atom stereocenters. The SMILES string of the molecule is CCn1cc(Oc2ccc(C)cc2CC(C)N)cn1. The van der Waals surface area contributed by atoms with Crippen molar-refractivity contribution < 1.29 is 4.74 Å². The van der Waals surface area contributed by atoms with Gasteiger partial charge in [-0.25, -0.2) is 0 Å². The number of hydrogen-bond donors (Lipinski definition) is 1. The zero-order valence-electron chi connectivity index (χ0n) is 11.8. The van der Waals surface area contributed by atoms with Gasteiger partial charge in [0, 0.05) is 12.6 Å². The molecule has 4 heteroatoms. The second kappa shape index (κ2) is 5.89. The second-order valence-electron chi connectivity index (χ2n) is 4.93. The molecule has 1 heterocycles. The van der Waals surface area contributed by atoms with Gasteiger partial charge in [-0.3, -0.25) is 4.68 Å². The van der Waals surface area contributed by atoms with Crippen LogP contribution in [-0.2, 0) is 13.0 Å². The second-order valence-corrected chi connectivity index (χ2v) is 4.93. The number of aromatic nitrogens is 2. The van der Waals surface area contributed by atoms with Crippen molar-refractivity contribution in [2.75, 3.05) is 0 Å². The molecule has 0 amide bonds. The molecule has 0 saturated heterocycles. The van der Waals surface area contributed by atoms with Gasteiger partial charge in [0.15, 0.2) is 5.75 Å². The van der Waals surface area contributed by atoms with E-state index in [1.807, 2.05) is 36.9 Å². The number of benzene rings is 1.